The molecule has 128 valence electrons. The molecule has 3 rings (SSSR count). The summed E-state index contributed by atoms with van der Waals surface area (Å²) >= 11 is 0. The zero-order valence-corrected chi connectivity index (χ0v) is 13.8. The molecule has 0 radical (unpaired) electrons. The summed E-state index contributed by atoms with van der Waals surface area (Å²) < 4.78 is 27.0. The minimum Gasteiger partial charge on any atom is -0.493 e. The van der Waals surface area contributed by atoms with Crippen LogP contribution in [-0.4, -0.2) is 33.1 Å². The molecular formula is C17H19FN2O4. The number of carbonyl (C=O) groups is 1. The van der Waals surface area contributed by atoms with Crippen LogP contribution in [0.1, 0.15) is 26.3 Å². The zero-order valence-electron chi connectivity index (χ0n) is 13.8. The molecule has 2 heterocycles. The highest BCUT2D eigenvalue weighted by molar-refractivity contribution is 5.78. The Labute approximate surface area is 138 Å². The summed E-state index contributed by atoms with van der Waals surface area (Å²) in [6, 6.07) is 3.42. The summed E-state index contributed by atoms with van der Waals surface area (Å²) in [5, 5.41) is 13.3. The molecule has 0 aliphatic carbocycles. The van der Waals surface area contributed by atoms with Crippen molar-refractivity contribution < 1.29 is 23.8 Å². The highest BCUT2D eigenvalue weighted by Gasteiger charge is 2.32. The second kappa shape index (κ2) is 5.81. The maximum Gasteiger partial charge on any atom is 0.347 e. The van der Waals surface area contributed by atoms with Crippen molar-refractivity contribution in [2.24, 2.45) is 0 Å². The van der Waals surface area contributed by atoms with Crippen molar-refractivity contribution in [3.63, 3.8) is 0 Å². The molecule has 0 spiro atoms. The number of aromatic nitrogens is 2. The third kappa shape index (κ3) is 2.70. The Hall–Kier alpha value is -2.57. The number of hydrogen-bond acceptors (Lipinski definition) is 4. The Balaban J connectivity index is 2.13. The highest BCUT2D eigenvalue weighted by atomic mass is 19.1. The van der Waals surface area contributed by atoms with E-state index in [1.807, 2.05) is 0 Å². The largest absolute Gasteiger partial charge is 0.493 e. The number of ether oxygens (including phenoxy) is 2. The SMILES string of the molecule is CCn1ncc(-c2cc3c(cc2OC(C)(C)C(=O)O)OCC3)c1F. The molecule has 0 saturated carbocycles. The first-order valence-corrected chi connectivity index (χ1v) is 7.77. The van der Waals surface area contributed by atoms with Gasteiger partial charge in [0.25, 0.3) is 0 Å². The minimum absolute atomic E-state index is 0.262. The van der Waals surface area contributed by atoms with E-state index in [-0.39, 0.29) is 11.3 Å². The van der Waals surface area contributed by atoms with Gasteiger partial charge in [0.15, 0.2) is 5.60 Å². The molecule has 1 N–H and O–H groups in total. The zero-order chi connectivity index (χ0) is 17.5. The van der Waals surface area contributed by atoms with Gasteiger partial charge in [0, 0.05) is 24.6 Å². The number of halogens is 1. The molecule has 1 aliphatic heterocycles. The van der Waals surface area contributed by atoms with Crippen LogP contribution in [0.4, 0.5) is 4.39 Å². The summed E-state index contributed by atoms with van der Waals surface area (Å²) in [6.07, 6.45) is 2.14. The molecule has 0 atom stereocenters. The van der Waals surface area contributed by atoms with Crippen LogP contribution in [-0.2, 0) is 17.8 Å². The topological polar surface area (TPSA) is 73.6 Å². The van der Waals surface area contributed by atoms with E-state index in [9.17, 15) is 14.3 Å². The summed E-state index contributed by atoms with van der Waals surface area (Å²) in [6.45, 7) is 5.62. The van der Waals surface area contributed by atoms with E-state index in [1.165, 1.54) is 24.7 Å². The van der Waals surface area contributed by atoms with Crippen LogP contribution in [0.25, 0.3) is 11.1 Å². The monoisotopic (exact) mass is 334 g/mol. The van der Waals surface area contributed by atoms with E-state index < -0.39 is 17.5 Å². The maximum atomic E-state index is 14.5. The quantitative estimate of drug-likeness (QED) is 0.910. The molecule has 0 fully saturated rings. The first-order chi connectivity index (χ1) is 11.3. The van der Waals surface area contributed by atoms with Gasteiger partial charge in [-0.05, 0) is 32.4 Å². The third-order valence-electron chi connectivity index (χ3n) is 4.04. The Morgan fingerprint density at radius 3 is 2.83 bits per heavy atom. The van der Waals surface area contributed by atoms with E-state index in [4.69, 9.17) is 9.47 Å². The number of rotatable bonds is 5. The molecule has 6 nitrogen and oxygen atoms in total. The second-order valence-electron chi connectivity index (χ2n) is 6.14. The fraction of sp³-hybridized carbons (Fsp3) is 0.412. The summed E-state index contributed by atoms with van der Waals surface area (Å²) in [5.74, 6) is -0.690. The highest BCUT2D eigenvalue weighted by Crippen LogP contribution is 2.40. The van der Waals surface area contributed by atoms with E-state index in [1.54, 1.807) is 19.1 Å². The van der Waals surface area contributed by atoms with Crippen LogP contribution >= 0.6 is 0 Å². The number of benzene rings is 1. The number of carboxylic acid groups (broad SMARTS) is 1. The molecule has 0 bridgehead atoms. The smallest absolute Gasteiger partial charge is 0.347 e. The van der Waals surface area contributed by atoms with Gasteiger partial charge in [-0.3, -0.25) is 0 Å². The maximum absolute atomic E-state index is 14.5. The van der Waals surface area contributed by atoms with Gasteiger partial charge < -0.3 is 14.6 Å². The summed E-state index contributed by atoms with van der Waals surface area (Å²) in [7, 11) is 0. The van der Waals surface area contributed by atoms with Crippen molar-refractivity contribution in [1.29, 1.82) is 0 Å². The van der Waals surface area contributed by atoms with E-state index in [0.717, 1.165) is 5.56 Å². The van der Waals surface area contributed by atoms with Crippen molar-refractivity contribution >= 4 is 5.97 Å². The predicted molar refractivity (Wildman–Crippen MR) is 84.8 cm³/mol. The lowest BCUT2D eigenvalue weighted by Crippen LogP contribution is -2.38. The standard InChI is InChI=1S/C17H19FN2O4/c1-4-20-15(18)12(9-19-20)11-7-10-5-6-23-13(10)8-14(11)24-17(2,3)16(21)22/h7-9H,4-6H2,1-3H3,(H,21,22). The number of aliphatic carboxylic acids is 1. The van der Waals surface area contributed by atoms with Crippen LogP contribution in [0.3, 0.4) is 0 Å². The number of nitrogens with zero attached hydrogens (tertiary/aromatic N) is 2. The van der Waals surface area contributed by atoms with E-state index in [2.05, 4.69) is 5.10 Å². The van der Waals surface area contributed by atoms with Crippen LogP contribution in [0.15, 0.2) is 18.3 Å². The van der Waals surface area contributed by atoms with Crippen molar-refractivity contribution in [3.8, 4) is 22.6 Å². The van der Waals surface area contributed by atoms with Gasteiger partial charge in [0.1, 0.15) is 11.5 Å². The normalized spacial score (nSPS) is 13.5. The average Bonchev–Trinajstić information content (AvgIpc) is 3.11. The number of aryl methyl sites for hydroxylation is 1. The van der Waals surface area contributed by atoms with Crippen LogP contribution in [0.2, 0.25) is 0 Å². The van der Waals surface area contributed by atoms with Gasteiger partial charge >= 0.3 is 5.97 Å². The third-order valence-corrected chi connectivity index (χ3v) is 4.04. The molecule has 0 unspecified atom stereocenters. The van der Waals surface area contributed by atoms with Crippen LogP contribution in [0.5, 0.6) is 11.5 Å². The molecule has 0 saturated heterocycles. The number of carboxylic acids is 1. The van der Waals surface area contributed by atoms with E-state index in [0.29, 0.717) is 30.9 Å². The Bertz CT molecular complexity index is 798. The molecule has 2 aromatic rings. The van der Waals surface area contributed by atoms with Gasteiger partial charge in [0.05, 0.1) is 18.4 Å². The lowest BCUT2D eigenvalue weighted by molar-refractivity contribution is -0.152. The van der Waals surface area contributed by atoms with Crippen molar-refractivity contribution in [2.75, 3.05) is 6.61 Å². The van der Waals surface area contributed by atoms with Crippen molar-refractivity contribution in [2.45, 2.75) is 39.3 Å². The lowest BCUT2D eigenvalue weighted by Gasteiger charge is -2.23. The second-order valence-corrected chi connectivity index (χ2v) is 6.14. The first kappa shape index (κ1) is 16.3. The van der Waals surface area contributed by atoms with Gasteiger partial charge in [-0.25, -0.2) is 9.48 Å². The van der Waals surface area contributed by atoms with Crippen molar-refractivity contribution in [3.05, 3.63) is 29.8 Å². The molecule has 24 heavy (non-hydrogen) atoms. The lowest BCUT2D eigenvalue weighted by atomic mass is 10.0. The van der Waals surface area contributed by atoms with E-state index >= 15 is 0 Å². The van der Waals surface area contributed by atoms with Gasteiger partial charge in [-0.15, -0.1) is 0 Å². The van der Waals surface area contributed by atoms with Gasteiger partial charge in [-0.2, -0.15) is 9.49 Å². The minimum atomic E-state index is -1.46. The number of fused-ring (bicyclic) bond motifs is 1. The Morgan fingerprint density at radius 2 is 2.21 bits per heavy atom. The Kier molecular flexibility index (Phi) is 3.95. The summed E-state index contributed by atoms with van der Waals surface area (Å²) in [5.41, 5.74) is 0.237. The molecule has 1 aromatic heterocycles. The predicted octanol–water partition coefficient (Wildman–Crippen LogP) is 2.89. The molecule has 7 heteroatoms. The fourth-order valence-corrected chi connectivity index (χ4v) is 2.59. The molecule has 0 amide bonds. The van der Waals surface area contributed by atoms with Crippen LogP contribution in [0, 0.1) is 5.95 Å². The number of hydrogen-bond donors (Lipinski definition) is 1. The average molecular weight is 334 g/mol. The van der Waals surface area contributed by atoms with Crippen molar-refractivity contribution in [1.82, 2.24) is 9.78 Å². The fourth-order valence-electron chi connectivity index (χ4n) is 2.59. The molecule has 1 aliphatic rings. The first-order valence-electron chi connectivity index (χ1n) is 7.77. The van der Waals surface area contributed by atoms with Crippen LogP contribution < -0.4 is 9.47 Å². The summed E-state index contributed by atoms with van der Waals surface area (Å²) in [4.78, 5) is 11.4. The molecule has 1 aromatic carbocycles. The Morgan fingerprint density at radius 1 is 1.46 bits per heavy atom. The van der Waals surface area contributed by atoms with Gasteiger partial charge in [-0.1, -0.05) is 0 Å². The molecular weight excluding hydrogens is 315 g/mol. The van der Waals surface area contributed by atoms with Gasteiger partial charge in [0.2, 0.25) is 5.95 Å².